The second kappa shape index (κ2) is 8.97. The van der Waals surface area contributed by atoms with Gasteiger partial charge in [0, 0.05) is 21.8 Å². The molecule has 3 aromatic rings. The number of carbonyl (C=O) groups excluding carboxylic acids is 3. The monoisotopic (exact) mass is 393 g/mol. The highest BCUT2D eigenvalue weighted by molar-refractivity contribution is 6.30. The number of amides is 1. The zero-order chi connectivity index (χ0) is 19.9. The molecule has 5 nitrogen and oxygen atoms in total. The van der Waals surface area contributed by atoms with E-state index >= 15 is 0 Å². The lowest BCUT2D eigenvalue weighted by molar-refractivity contribution is -0.119. The molecule has 0 radical (unpaired) electrons. The lowest BCUT2D eigenvalue weighted by Crippen LogP contribution is -2.20. The van der Waals surface area contributed by atoms with Crippen molar-refractivity contribution < 1.29 is 19.1 Å². The maximum absolute atomic E-state index is 12.4. The van der Waals surface area contributed by atoms with Crippen molar-refractivity contribution in [2.45, 2.75) is 0 Å². The Labute approximate surface area is 166 Å². The number of hydrogen-bond donors (Lipinski definition) is 1. The summed E-state index contributed by atoms with van der Waals surface area (Å²) in [5.41, 5.74) is 1.83. The van der Waals surface area contributed by atoms with Crippen LogP contribution in [-0.2, 0) is 9.53 Å². The van der Waals surface area contributed by atoms with Gasteiger partial charge >= 0.3 is 5.97 Å². The summed E-state index contributed by atoms with van der Waals surface area (Å²) in [5.74, 6) is -1.25. The minimum atomic E-state index is -0.648. The fourth-order valence-electron chi connectivity index (χ4n) is 2.46. The highest BCUT2D eigenvalue weighted by Crippen LogP contribution is 2.14. The topological polar surface area (TPSA) is 72.5 Å². The smallest absolute Gasteiger partial charge is 0.338 e. The molecule has 6 heteroatoms. The molecule has 0 spiro atoms. The quantitative estimate of drug-likeness (QED) is 0.498. The summed E-state index contributed by atoms with van der Waals surface area (Å²) in [5, 5.41) is 3.15. The molecule has 0 fully saturated rings. The Balaban J connectivity index is 1.55. The first-order valence-corrected chi connectivity index (χ1v) is 8.83. The van der Waals surface area contributed by atoms with Crippen molar-refractivity contribution in [1.82, 2.24) is 0 Å². The molecular weight excluding hydrogens is 378 g/mol. The number of hydrogen-bond acceptors (Lipinski definition) is 4. The van der Waals surface area contributed by atoms with Crippen molar-refractivity contribution in [2.24, 2.45) is 0 Å². The highest BCUT2D eigenvalue weighted by atomic mass is 35.5. The van der Waals surface area contributed by atoms with Gasteiger partial charge in [0.05, 0.1) is 5.56 Å². The molecule has 0 saturated heterocycles. The van der Waals surface area contributed by atoms with Crippen LogP contribution in [0.15, 0.2) is 78.9 Å². The van der Waals surface area contributed by atoms with E-state index in [0.29, 0.717) is 21.8 Å². The first kappa shape index (κ1) is 19.3. The fourth-order valence-corrected chi connectivity index (χ4v) is 2.58. The number of ketones is 1. The van der Waals surface area contributed by atoms with Crippen LogP contribution in [0.3, 0.4) is 0 Å². The summed E-state index contributed by atoms with van der Waals surface area (Å²) in [6.07, 6.45) is 0. The van der Waals surface area contributed by atoms with Gasteiger partial charge in [0.2, 0.25) is 0 Å². The molecule has 0 saturated carbocycles. The number of halogens is 1. The molecule has 0 aliphatic rings. The minimum absolute atomic E-state index is 0.136. The molecule has 0 atom stereocenters. The molecule has 3 rings (SSSR count). The van der Waals surface area contributed by atoms with Crippen LogP contribution in [0.1, 0.15) is 26.3 Å². The van der Waals surface area contributed by atoms with E-state index in [1.54, 1.807) is 60.7 Å². The second-order valence-corrected chi connectivity index (χ2v) is 6.34. The molecule has 1 amide bonds. The Morgan fingerprint density at radius 1 is 0.750 bits per heavy atom. The highest BCUT2D eigenvalue weighted by Gasteiger charge is 2.13. The van der Waals surface area contributed by atoms with Gasteiger partial charge < -0.3 is 10.1 Å². The van der Waals surface area contributed by atoms with Crippen LogP contribution in [0.25, 0.3) is 0 Å². The van der Waals surface area contributed by atoms with Crippen molar-refractivity contribution in [3.63, 3.8) is 0 Å². The van der Waals surface area contributed by atoms with Crippen LogP contribution in [0, 0.1) is 0 Å². The van der Waals surface area contributed by atoms with E-state index in [1.165, 1.54) is 12.1 Å². The Morgan fingerprint density at radius 3 is 1.96 bits per heavy atom. The van der Waals surface area contributed by atoms with Crippen LogP contribution < -0.4 is 5.32 Å². The molecule has 0 bridgehead atoms. The van der Waals surface area contributed by atoms with Crippen molar-refractivity contribution >= 4 is 34.9 Å². The predicted octanol–water partition coefficient (Wildman–Crippen LogP) is 4.37. The Bertz CT molecular complexity index is 983. The van der Waals surface area contributed by atoms with E-state index in [-0.39, 0.29) is 11.3 Å². The number of nitrogens with one attached hydrogen (secondary N) is 1. The first-order valence-electron chi connectivity index (χ1n) is 8.45. The van der Waals surface area contributed by atoms with Crippen molar-refractivity contribution in [2.75, 3.05) is 11.9 Å². The number of ether oxygens (including phenoxy) is 1. The van der Waals surface area contributed by atoms with Crippen molar-refractivity contribution in [3.8, 4) is 0 Å². The van der Waals surface area contributed by atoms with Gasteiger partial charge in [-0.2, -0.15) is 0 Å². The van der Waals surface area contributed by atoms with Crippen molar-refractivity contribution in [3.05, 3.63) is 101 Å². The number of carbonyl (C=O) groups is 3. The van der Waals surface area contributed by atoms with E-state index in [9.17, 15) is 14.4 Å². The largest absolute Gasteiger partial charge is 0.452 e. The van der Waals surface area contributed by atoms with Crippen molar-refractivity contribution in [1.29, 1.82) is 0 Å². The third-order valence-corrected chi connectivity index (χ3v) is 4.13. The fraction of sp³-hybridized carbons (Fsp3) is 0.0455. The summed E-state index contributed by atoms with van der Waals surface area (Å²) in [4.78, 5) is 36.3. The molecule has 1 N–H and O–H groups in total. The molecule has 0 aromatic heterocycles. The summed E-state index contributed by atoms with van der Waals surface area (Å²) >= 11 is 5.78. The number of rotatable bonds is 6. The average Bonchev–Trinajstić information content (AvgIpc) is 2.74. The second-order valence-electron chi connectivity index (χ2n) is 5.90. The van der Waals surface area contributed by atoms with Gasteiger partial charge in [0.1, 0.15) is 0 Å². The minimum Gasteiger partial charge on any atom is -0.452 e. The maximum Gasteiger partial charge on any atom is 0.338 e. The zero-order valence-electron chi connectivity index (χ0n) is 14.7. The number of anilines is 1. The average molecular weight is 394 g/mol. The molecule has 0 unspecified atom stereocenters. The van der Waals surface area contributed by atoms with Gasteiger partial charge in [0.25, 0.3) is 5.91 Å². The predicted molar refractivity (Wildman–Crippen MR) is 107 cm³/mol. The molecule has 0 heterocycles. The van der Waals surface area contributed by atoms with E-state index in [2.05, 4.69) is 5.32 Å². The number of benzene rings is 3. The van der Waals surface area contributed by atoms with Gasteiger partial charge in [0.15, 0.2) is 12.4 Å². The summed E-state index contributed by atoms with van der Waals surface area (Å²) < 4.78 is 5.01. The molecular formula is C22H16ClNO4. The Hall–Kier alpha value is -3.44. The van der Waals surface area contributed by atoms with E-state index < -0.39 is 18.5 Å². The van der Waals surface area contributed by atoms with Crippen LogP contribution in [-0.4, -0.2) is 24.3 Å². The summed E-state index contributed by atoms with van der Waals surface area (Å²) in [7, 11) is 0. The molecule has 28 heavy (non-hydrogen) atoms. The van der Waals surface area contributed by atoms with Gasteiger partial charge in [-0.15, -0.1) is 0 Å². The van der Waals surface area contributed by atoms with E-state index in [0.717, 1.165) is 0 Å². The zero-order valence-corrected chi connectivity index (χ0v) is 15.5. The normalized spacial score (nSPS) is 10.2. The molecule has 3 aromatic carbocycles. The maximum atomic E-state index is 12.4. The summed E-state index contributed by atoms with van der Waals surface area (Å²) in [6, 6.07) is 21.5. The molecule has 0 aliphatic carbocycles. The van der Waals surface area contributed by atoms with E-state index in [1.807, 2.05) is 6.07 Å². The van der Waals surface area contributed by atoms with Gasteiger partial charge in [-0.1, -0.05) is 54.1 Å². The third-order valence-electron chi connectivity index (χ3n) is 3.88. The van der Waals surface area contributed by atoms with E-state index in [4.69, 9.17) is 16.3 Å². The van der Waals surface area contributed by atoms with Crippen LogP contribution in [0.5, 0.6) is 0 Å². The van der Waals surface area contributed by atoms with Crippen LogP contribution in [0.2, 0.25) is 5.02 Å². The third kappa shape index (κ3) is 5.05. The molecule has 0 aliphatic heterocycles. The van der Waals surface area contributed by atoms with Crippen LogP contribution in [0.4, 0.5) is 5.69 Å². The molecule has 140 valence electrons. The Morgan fingerprint density at radius 2 is 1.32 bits per heavy atom. The standard InChI is InChI=1S/C22H16ClNO4/c23-18-10-12-19(13-11-18)24-20(25)14-28-22(27)17-8-6-16(7-9-17)21(26)15-4-2-1-3-5-15/h1-13H,14H2,(H,24,25). The lowest BCUT2D eigenvalue weighted by Gasteiger charge is -2.07. The lowest BCUT2D eigenvalue weighted by atomic mass is 10.0. The number of esters is 1. The first-order chi connectivity index (χ1) is 13.5. The van der Waals surface area contributed by atoms with Gasteiger partial charge in [-0.25, -0.2) is 4.79 Å². The SMILES string of the molecule is O=C(COC(=O)c1ccc(C(=O)c2ccccc2)cc1)Nc1ccc(Cl)cc1. The van der Waals surface area contributed by atoms with Crippen LogP contribution >= 0.6 is 11.6 Å². The Kier molecular flexibility index (Phi) is 6.19. The van der Waals surface area contributed by atoms with Gasteiger partial charge in [-0.3, -0.25) is 9.59 Å². The summed E-state index contributed by atoms with van der Waals surface area (Å²) in [6.45, 7) is -0.424. The van der Waals surface area contributed by atoms with Gasteiger partial charge in [-0.05, 0) is 36.4 Å².